The third-order valence-corrected chi connectivity index (χ3v) is 3.84. The fraction of sp³-hybridized carbons (Fsp3) is 0.250. The van der Waals surface area contributed by atoms with Crippen LogP contribution in [0.3, 0.4) is 0 Å². The molecule has 2 rings (SSSR count). The molecule has 0 aliphatic carbocycles. The van der Waals surface area contributed by atoms with Crippen LogP contribution in [0, 0.1) is 0 Å². The molecule has 8 heteroatoms. The van der Waals surface area contributed by atoms with Crippen LogP contribution in [0.1, 0.15) is 11.1 Å². The molecular formula is C8H7F3N2O2S. The minimum Gasteiger partial charge on any atom is -0.369 e. The van der Waals surface area contributed by atoms with E-state index in [1.807, 2.05) is 0 Å². The maximum atomic E-state index is 12.4. The first-order chi connectivity index (χ1) is 7.34. The van der Waals surface area contributed by atoms with Crippen molar-refractivity contribution in [1.29, 1.82) is 0 Å². The van der Waals surface area contributed by atoms with Gasteiger partial charge in [0.15, 0.2) is 5.37 Å². The zero-order valence-electron chi connectivity index (χ0n) is 7.77. The van der Waals surface area contributed by atoms with Crippen molar-refractivity contribution in [1.82, 2.24) is 9.88 Å². The second kappa shape index (κ2) is 3.27. The van der Waals surface area contributed by atoms with Gasteiger partial charge in [-0.05, 0) is 12.1 Å². The van der Waals surface area contributed by atoms with Crippen molar-refractivity contribution in [3.63, 3.8) is 0 Å². The lowest BCUT2D eigenvalue weighted by molar-refractivity contribution is -0.0448. The lowest BCUT2D eigenvalue weighted by Gasteiger charge is -2.23. The van der Waals surface area contributed by atoms with Crippen molar-refractivity contribution >= 4 is 16.0 Å². The van der Waals surface area contributed by atoms with E-state index in [1.165, 1.54) is 35.3 Å². The number of nitrogens with zero attached hydrogens (tertiary/aromatic N) is 1. The normalized spacial score (nSPS) is 20.3. The lowest BCUT2D eigenvalue weighted by atomic mass is 10.4. The van der Waals surface area contributed by atoms with Crippen LogP contribution >= 0.6 is 0 Å². The van der Waals surface area contributed by atoms with Gasteiger partial charge in [0.05, 0.1) is 5.69 Å². The molecule has 0 saturated heterocycles. The predicted molar refractivity (Wildman–Crippen MR) is 50.6 cm³/mol. The SMILES string of the molecule is O=S(=O)(C1NC=Cn2cccc21)C(F)(F)F. The van der Waals surface area contributed by atoms with E-state index < -0.39 is 20.7 Å². The molecule has 0 bridgehead atoms. The highest BCUT2D eigenvalue weighted by atomic mass is 32.2. The summed E-state index contributed by atoms with van der Waals surface area (Å²) in [6.45, 7) is 0. The maximum Gasteiger partial charge on any atom is 0.499 e. The molecule has 1 aromatic heterocycles. The fourth-order valence-electron chi connectivity index (χ4n) is 1.44. The Morgan fingerprint density at radius 1 is 1.38 bits per heavy atom. The molecule has 1 aliphatic heterocycles. The largest absolute Gasteiger partial charge is 0.499 e. The highest BCUT2D eigenvalue weighted by molar-refractivity contribution is 7.92. The standard InChI is InChI=1S/C8H7F3N2O2S/c9-8(10,11)16(14,15)7-6-2-1-4-13(6)5-3-12-7/h1-5,7,12H. The first-order valence-corrected chi connectivity index (χ1v) is 5.78. The number of hydrogen-bond acceptors (Lipinski definition) is 3. The molecule has 0 amide bonds. The Morgan fingerprint density at radius 3 is 2.69 bits per heavy atom. The van der Waals surface area contributed by atoms with Crippen molar-refractivity contribution in [3.05, 3.63) is 30.2 Å². The van der Waals surface area contributed by atoms with Gasteiger partial charge in [-0.2, -0.15) is 13.2 Å². The molecule has 1 N–H and O–H groups in total. The van der Waals surface area contributed by atoms with Gasteiger partial charge in [-0.1, -0.05) is 0 Å². The van der Waals surface area contributed by atoms with Crippen molar-refractivity contribution in [2.75, 3.05) is 0 Å². The van der Waals surface area contributed by atoms with Gasteiger partial charge >= 0.3 is 5.51 Å². The number of nitrogens with one attached hydrogen (secondary N) is 1. The summed E-state index contributed by atoms with van der Waals surface area (Å²) >= 11 is 0. The van der Waals surface area contributed by atoms with Crippen LogP contribution in [-0.4, -0.2) is 18.5 Å². The molecule has 2 heterocycles. The Morgan fingerprint density at radius 2 is 2.06 bits per heavy atom. The van der Waals surface area contributed by atoms with Gasteiger partial charge in [0.2, 0.25) is 0 Å². The van der Waals surface area contributed by atoms with Crippen LogP contribution in [0.25, 0.3) is 6.20 Å². The van der Waals surface area contributed by atoms with Crippen LogP contribution in [0.5, 0.6) is 0 Å². The van der Waals surface area contributed by atoms with Gasteiger partial charge in [-0.3, -0.25) is 0 Å². The summed E-state index contributed by atoms with van der Waals surface area (Å²) in [5.74, 6) is 0. The minimum absolute atomic E-state index is 0.0415. The summed E-state index contributed by atoms with van der Waals surface area (Å²) in [6.07, 6.45) is 4.09. The molecule has 88 valence electrons. The zero-order chi connectivity index (χ0) is 12.0. The third kappa shape index (κ3) is 1.49. The smallest absolute Gasteiger partial charge is 0.369 e. The van der Waals surface area contributed by atoms with Crippen molar-refractivity contribution in [3.8, 4) is 0 Å². The average molecular weight is 252 g/mol. The molecule has 16 heavy (non-hydrogen) atoms. The summed E-state index contributed by atoms with van der Waals surface area (Å²) in [5.41, 5.74) is -5.23. The van der Waals surface area contributed by atoms with Gasteiger partial charge in [0, 0.05) is 18.6 Å². The first-order valence-electron chi connectivity index (χ1n) is 4.23. The number of alkyl halides is 3. The number of hydrogen-bond donors (Lipinski definition) is 1. The summed E-state index contributed by atoms with van der Waals surface area (Å²) in [4.78, 5) is 0. The van der Waals surface area contributed by atoms with Crippen LogP contribution in [0.2, 0.25) is 0 Å². The van der Waals surface area contributed by atoms with E-state index in [0.29, 0.717) is 0 Å². The Kier molecular flexibility index (Phi) is 2.26. The van der Waals surface area contributed by atoms with Crippen LogP contribution in [-0.2, 0) is 9.84 Å². The number of sulfone groups is 1. The van der Waals surface area contributed by atoms with Crippen molar-refractivity contribution < 1.29 is 21.6 Å². The number of fused-ring (bicyclic) bond motifs is 1. The number of aromatic nitrogens is 1. The van der Waals surface area contributed by atoms with E-state index in [4.69, 9.17) is 0 Å². The topological polar surface area (TPSA) is 51.1 Å². The highest BCUT2D eigenvalue weighted by Crippen LogP contribution is 2.35. The van der Waals surface area contributed by atoms with Gasteiger partial charge in [-0.25, -0.2) is 8.42 Å². The monoisotopic (exact) mass is 252 g/mol. The molecule has 1 atom stereocenters. The molecule has 0 spiro atoms. The van der Waals surface area contributed by atoms with E-state index in [-0.39, 0.29) is 5.69 Å². The van der Waals surface area contributed by atoms with E-state index in [9.17, 15) is 21.6 Å². The quantitative estimate of drug-likeness (QED) is 0.823. The van der Waals surface area contributed by atoms with Gasteiger partial charge in [0.25, 0.3) is 9.84 Å². The molecule has 1 aromatic rings. The second-order valence-corrected chi connectivity index (χ2v) is 5.22. The Bertz CT molecular complexity index is 530. The van der Waals surface area contributed by atoms with Crippen LogP contribution < -0.4 is 5.32 Å². The fourth-order valence-corrected chi connectivity index (χ4v) is 2.49. The maximum absolute atomic E-state index is 12.4. The minimum atomic E-state index is -5.27. The average Bonchev–Trinajstić information content (AvgIpc) is 2.62. The van der Waals surface area contributed by atoms with Gasteiger partial charge < -0.3 is 9.88 Å². The van der Waals surface area contributed by atoms with E-state index in [0.717, 1.165) is 0 Å². The van der Waals surface area contributed by atoms with Gasteiger partial charge in [0.1, 0.15) is 0 Å². The number of halogens is 3. The third-order valence-electron chi connectivity index (χ3n) is 2.20. The Labute approximate surface area is 89.3 Å². The highest BCUT2D eigenvalue weighted by Gasteiger charge is 2.52. The Hall–Kier alpha value is -1.44. The van der Waals surface area contributed by atoms with Crippen molar-refractivity contribution in [2.45, 2.75) is 10.9 Å². The summed E-state index contributed by atoms with van der Waals surface area (Å²) in [6, 6.07) is 2.80. The molecule has 1 aliphatic rings. The molecule has 1 unspecified atom stereocenters. The first kappa shape index (κ1) is 11.1. The lowest BCUT2D eigenvalue weighted by Crippen LogP contribution is -2.37. The predicted octanol–water partition coefficient (Wildman–Crippen LogP) is 1.45. The van der Waals surface area contributed by atoms with Crippen LogP contribution in [0.15, 0.2) is 24.5 Å². The molecule has 4 nitrogen and oxygen atoms in total. The van der Waals surface area contributed by atoms with E-state index in [2.05, 4.69) is 5.32 Å². The van der Waals surface area contributed by atoms with E-state index >= 15 is 0 Å². The second-order valence-electron chi connectivity index (χ2n) is 3.19. The molecular weight excluding hydrogens is 245 g/mol. The molecule has 0 aromatic carbocycles. The van der Waals surface area contributed by atoms with Gasteiger partial charge in [-0.15, -0.1) is 0 Å². The summed E-state index contributed by atoms with van der Waals surface area (Å²) in [5, 5.41) is 0.414. The summed E-state index contributed by atoms with van der Waals surface area (Å²) in [7, 11) is -5.27. The molecule has 0 saturated carbocycles. The van der Waals surface area contributed by atoms with Crippen molar-refractivity contribution in [2.24, 2.45) is 0 Å². The molecule has 0 radical (unpaired) electrons. The molecule has 0 fully saturated rings. The zero-order valence-corrected chi connectivity index (χ0v) is 8.59. The van der Waals surface area contributed by atoms with Crippen LogP contribution in [0.4, 0.5) is 13.2 Å². The summed E-state index contributed by atoms with van der Waals surface area (Å²) < 4.78 is 60.9. The Balaban J connectivity index is 2.50. The number of rotatable bonds is 1. The van der Waals surface area contributed by atoms with E-state index in [1.54, 1.807) is 0 Å².